The highest BCUT2D eigenvalue weighted by Gasteiger charge is 2.16. The lowest BCUT2D eigenvalue weighted by atomic mass is 10.1. The van der Waals surface area contributed by atoms with Crippen LogP contribution in [0.2, 0.25) is 5.02 Å². The molecule has 0 aliphatic carbocycles. The molecule has 6 heteroatoms. The summed E-state index contributed by atoms with van der Waals surface area (Å²) >= 11 is 7.74. The van der Waals surface area contributed by atoms with Crippen LogP contribution in [-0.2, 0) is 16.0 Å². The molecule has 0 bridgehead atoms. The van der Waals surface area contributed by atoms with E-state index in [2.05, 4.69) is 0 Å². The molecule has 0 spiro atoms. The van der Waals surface area contributed by atoms with E-state index in [4.69, 9.17) is 21.1 Å². The molecule has 1 aromatic carbocycles. The zero-order valence-corrected chi connectivity index (χ0v) is 13.7. The summed E-state index contributed by atoms with van der Waals surface area (Å²) in [7, 11) is 2.89. The van der Waals surface area contributed by atoms with E-state index in [0.29, 0.717) is 17.2 Å². The zero-order chi connectivity index (χ0) is 15.6. The smallest absolute Gasteiger partial charge is 0.308 e. The van der Waals surface area contributed by atoms with Gasteiger partial charge in [-0.1, -0.05) is 18.5 Å². The summed E-state index contributed by atoms with van der Waals surface area (Å²) in [4.78, 5) is 12.5. The molecule has 2 rings (SSSR count). The second kappa shape index (κ2) is 6.54. The monoisotopic (exact) mass is 328 g/mol. The van der Waals surface area contributed by atoms with Gasteiger partial charge < -0.3 is 14.6 Å². The molecule has 2 aromatic rings. The summed E-state index contributed by atoms with van der Waals surface area (Å²) in [6, 6.07) is 3.72. The first-order chi connectivity index (χ1) is 9.97. The van der Waals surface area contributed by atoms with Gasteiger partial charge in [0, 0.05) is 21.0 Å². The number of phenols is 1. The molecular formula is C15H17ClO4S. The highest BCUT2D eigenvalue weighted by Crippen LogP contribution is 2.43. The Morgan fingerprint density at radius 2 is 2.14 bits per heavy atom. The maximum Gasteiger partial charge on any atom is 0.308 e. The molecule has 0 unspecified atom stereocenters. The third-order valence-electron chi connectivity index (χ3n) is 3.40. The van der Waals surface area contributed by atoms with Crippen molar-refractivity contribution in [3.8, 4) is 11.5 Å². The number of carbonyl (C=O) groups excluding carboxylic acids is 1. The minimum absolute atomic E-state index is 0.0426. The largest absolute Gasteiger partial charge is 0.503 e. The SMILES string of the molecule is COC(=O)[C@@H](C)CCc1cc2c(Cl)c(O)c(OC)cc2s1. The van der Waals surface area contributed by atoms with Crippen LogP contribution in [0, 0.1) is 5.92 Å². The molecular weight excluding hydrogens is 312 g/mol. The summed E-state index contributed by atoms with van der Waals surface area (Å²) < 4.78 is 10.8. The molecule has 1 aromatic heterocycles. The quantitative estimate of drug-likeness (QED) is 0.842. The van der Waals surface area contributed by atoms with Crippen molar-refractivity contribution in [2.24, 2.45) is 5.92 Å². The summed E-state index contributed by atoms with van der Waals surface area (Å²) in [5.41, 5.74) is 0. The molecule has 4 nitrogen and oxygen atoms in total. The minimum atomic E-state index is -0.201. The van der Waals surface area contributed by atoms with E-state index in [9.17, 15) is 9.90 Å². The summed E-state index contributed by atoms with van der Waals surface area (Å²) in [6.07, 6.45) is 1.47. The van der Waals surface area contributed by atoms with Crippen molar-refractivity contribution in [3.05, 3.63) is 22.0 Å². The maximum atomic E-state index is 11.4. The van der Waals surface area contributed by atoms with E-state index in [1.807, 2.05) is 13.0 Å². The van der Waals surface area contributed by atoms with Crippen molar-refractivity contribution in [2.45, 2.75) is 19.8 Å². The number of aryl methyl sites for hydroxylation is 1. The number of rotatable bonds is 5. The zero-order valence-electron chi connectivity index (χ0n) is 12.1. The Morgan fingerprint density at radius 1 is 1.43 bits per heavy atom. The van der Waals surface area contributed by atoms with Crippen LogP contribution in [0.1, 0.15) is 18.2 Å². The average molecular weight is 329 g/mol. The maximum absolute atomic E-state index is 11.4. The summed E-state index contributed by atoms with van der Waals surface area (Å²) in [5.74, 6) is -0.0187. The van der Waals surface area contributed by atoms with Crippen molar-refractivity contribution in [2.75, 3.05) is 14.2 Å². The Bertz CT molecular complexity index is 665. The number of hydrogen-bond donors (Lipinski definition) is 1. The van der Waals surface area contributed by atoms with Crippen molar-refractivity contribution in [1.29, 1.82) is 0 Å². The third-order valence-corrected chi connectivity index (χ3v) is 4.92. The Morgan fingerprint density at radius 3 is 2.76 bits per heavy atom. The first kappa shape index (κ1) is 15.9. The Labute approximate surface area is 132 Å². The van der Waals surface area contributed by atoms with E-state index >= 15 is 0 Å². The first-order valence-electron chi connectivity index (χ1n) is 6.53. The van der Waals surface area contributed by atoms with E-state index in [1.54, 1.807) is 17.4 Å². The molecule has 0 aliphatic rings. The number of aromatic hydroxyl groups is 1. The highest BCUT2D eigenvalue weighted by atomic mass is 35.5. The number of methoxy groups -OCH3 is 2. The van der Waals surface area contributed by atoms with Crippen LogP contribution in [-0.4, -0.2) is 25.3 Å². The van der Waals surface area contributed by atoms with E-state index < -0.39 is 0 Å². The molecule has 1 atom stereocenters. The normalized spacial score (nSPS) is 12.4. The van der Waals surface area contributed by atoms with Gasteiger partial charge in [0.25, 0.3) is 0 Å². The second-order valence-corrected chi connectivity index (χ2v) is 6.38. The molecule has 1 heterocycles. The predicted molar refractivity (Wildman–Crippen MR) is 84.6 cm³/mol. The van der Waals surface area contributed by atoms with Gasteiger partial charge in [0.15, 0.2) is 11.5 Å². The van der Waals surface area contributed by atoms with Crippen LogP contribution in [0.4, 0.5) is 0 Å². The first-order valence-corrected chi connectivity index (χ1v) is 7.73. The van der Waals surface area contributed by atoms with Crippen LogP contribution in [0.5, 0.6) is 11.5 Å². The lowest BCUT2D eigenvalue weighted by molar-refractivity contribution is -0.145. The summed E-state index contributed by atoms with van der Waals surface area (Å²) in [6.45, 7) is 1.85. The number of ether oxygens (including phenoxy) is 2. The van der Waals surface area contributed by atoms with Gasteiger partial charge in [-0.2, -0.15) is 0 Å². The third kappa shape index (κ3) is 3.24. The van der Waals surface area contributed by atoms with Crippen LogP contribution >= 0.6 is 22.9 Å². The van der Waals surface area contributed by atoms with Gasteiger partial charge >= 0.3 is 5.97 Å². The topological polar surface area (TPSA) is 55.8 Å². The van der Waals surface area contributed by atoms with E-state index in [0.717, 1.165) is 21.4 Å². The number of phenolic OH excluding ortho intramolecular Hbond substituents is 1. The van der Waals surface area contributed by atoms with Crippen LogP contribution in [0.25, 0.3) is 10.1 Å². The van der Waals surface area contributed by atoms with Gasteiger partial charge in [0.2, 0.25) is 0 Å². The molecule has 0 saturated carbocycles. The molecule has 0 radical (unpaired) electrons. The van der Waals surface area contributed by atoms with Gasteiger partial charge in [0.05, 0.1) is 25.2 Å². The van der Waals surface area contributed by atoms with Gasteiger partial charge in [-0.3, -0.25) is 4.79 Å². The van der Waals surface area contributed by atoms with Crippen molar-refractivity contribution < 1.29 is 19.4 Å². The number of benzene rings is 1. The van der Waals surface area contributed by atoms with Crippen molar-refractivity contribution >= 4 is 39.0 Å². The fourth-order valence-corrected chi connectivity index (χ4v) is 3.54. The summed E-state index contributed by atoms with van der Waals surface area (Å²) in [5, 5.41) is 11.0. The lowest BCUT2D eigenvalue weighted by Crippen LogP contribution is -2.13. The standard InChI is InChI=1S/C15H17ClO4S/c1-8(15(18)20-3)4-5-9-6-10-12(21-9)7-11(19-2)14(17)13(10)16/h6-8,17H,4-5H2,1-3H3/t8-/m0/s1. The van der Waals surface area contributed by atoms with Crippen LogP contribution < -0.4 is 4.74 Å². The van der Waals surface area contributed by atoms with Crippen molar-refractivity contribution in [1.82, 2.24) is 0 Å². The predicted octanol–water partition coefficient (Wildman–Crippen LogP) is 4.01. The van der Waals surface area contributed by atoms with Crippen LogP contribution in [0.15, 0.2) is 12.1 Å². The molecule has 21 heavy (non-hydrogen) atoms. The minimum Gasteiger partial charge on any atom is -0.503 e. The second-order valence-electron chi connectivity index (χ2n) is 4.83. The van der Waals surface area contributed by atoms with Gasteiger partial charge in [0.1, 0.15) is 0 Å². The van der Waals surface area contributed by atoms with Gasteiger partial charge in [-0.25, -0.2) is 0 Å². The van der Waals surface area contributed by atoms with E-state index in [-0.39, 0.29) is 17.6 Å². The Hall–Kier alpha value is -1.46. The number of carbonyl (C=O) groups is 1. The van der Waals surface area contributed by atoms with Gasteiger partial charge in [-0.15, -0.1) is 11.3 Å². The molecule has 0 amide bonds. The van der Waals surface area contributed by atoms with E-state index in [1.165, 1.54) is 14.2 Å². The molecule has 0 aliphatic heterocycles. The Kier molecular flexibility index (Phi) is 4.96. The van der Waals surface area contributed by atoms with Crippen molar-refractivity contribution in [3.63, 3.8) is 0 Å². The fourth-order valence-electron chi connectivity index (χ4n) is 2.12. The lowest BCUT2D eigenvalue weighted by Gasteiger charge is -2.07. The molecule has 0 fully saturated rings. The highest BCUT2D eigenvalue weighted by molar-refractivity contribution is 7.19. The number of esters is 1. The van der Waals surface area contributed by atoms with Gasteiger partial charge in [-0.05, 0) is 18.9 Å². The molecule has 114 valence electrons. The number of hydrogen-bond acceptors (Lipinski definition) is 5. The molecule has 1 N–H and O–H groups in total. The Balaban J connectivity index is 2.23. The van der Waals surface area contributed by atoms with Crippen LogP contribution in [0.3, 0.4) is 0 Å². The number of halogens is 1. The number of thiophene rings is 1. The average Bonchev–Trinajstić information content (AvgIpc) is 2.90. The number of fused-ring (bicyclic) bond motifs is 1. The fraction of sp³-hybridized carbons (Fsp3) is 0.400. The molecule has 0 saturated heterocycles.